The number of ether oxygens (including phenoxy) is 2. The largest absolute Gasteiger partial charge is 0.464 e. The van der Waals surface area contributed by atoms with Crippen LogP contribution in [0.15, 0.2) is 18.3 Å². The third-order valence-corrected chi connectivity index (χ3v) is 3.91. The van der Waals surface area contributed by atoms with Gasteiger partial charge in [-0.1, -0.05) is 23.5 Å². The fourth-order valence-electron chi connectivity index (χ4n) is 1.95. The standard InChI is InChI=1S/C16H21N5O4S/c1-16(2,3)25-15(23)18-7-5-6-8-21-11-12(26-14(21)17)20-10(9-19-11)13(22)24-4/h5-6,9,17H,7-8H2,1-4H3,(H,18,23)/b6-5+,17-14?. The number of thiazole rings is 1. The van der Waals surface area contributed by atoms with E-state index in [1.165, 1.54) is 13.3 Å². The molecule has 2 aromatic heterocycles. The first-order valence-electron chi connectivity index (χ1n) is 7.82. The molecule has 2 rings (SSSR count). The number of esters is 1. The summed E-state index contributed by atoms with van der Waals surface area (Å²) < 4.78 is 11.4. The van der Waals surface area contributed by atoms with Crippen molar-refractivity contribution in [2.24, 2.45) is 0 Å². The van der Waals surface area contributed by atoms with E-state index in [0.717, 1.165) is 11.3 Å². The van der Waals surface area contributed by atoms with E-state index in [-0.39, 0.29) is 10.5 Å². The van der Waals surface area contributed by atoms with Crippen molar-refractivity contribution in [2.75, 3.05) is 13.7 Å². The van der Waals surface area contributed by atoms with Crippen LogP contribution >= 0.6 is 11.3 Å². The Bertz CT molecular complexity index is 894. The molecule has 2 heterocycles. The van der Waals surface area contributed by atoms with Crippen LogP contribution in [0, 0.1) is 5.41 Å². The molecule has 0 fully saturated rings. The van der Waals surface area contributed by atoms with Gasteiger partial charge in [-0.25, -0.2) is 19.6 Å². The summed E-state index contributed by atoms with van der Waals surface area (Å²) in [5, 5.41) is 10.6. The summed E-state index contributed by atoms with van der Waals surface area (Å²) in [5.41, 5.74) is 0.0732. The highest BCUT2D eigenvalue weighted by atomic mass is 32.1. The van der Waals surface area contributed by atoms with Gasteiger partial charge in [0.15, 0.2) is 21.0 Å². The second-order valence-corrected chi connectivity index (χ2v) is 7.23. The van der Waals surface area contributed by atoms with E-state index in [4.69, 9.17) is 10.1 Å². The number of rotatable bonds is 5. The first kappa shape index (κ1) is 19.6. The number of methoxy groups -OCH3 is 1. The highest BCUT2D eigenvalue weighted by Gasteiger charge is 2.15. The monoisotopic (exact) mass is 379 g/mol. The Balaban J connectivity index is 2.00. The SMILES string of the molecule is COC(=O)c1cnc2c(n1)sc(=N)n2C/C=C/CNC(=O)OC(C)(C)C. The molecule has 0 unspecified atom stereocenters. The van der Waals surface area contributed by atoms with Crippen LogP contribution in [-0.2, 0) is 16.0 Å². The van der Waals surface area contributed by atoms with Gasteiger partial charge in [0.2, 0.25) is 0 Å². The number of alkyl carbamates (subject to hydrolysis) is 1. The fourth-order valence-corrected chi connectivity index (χ4v) is 2.81. The maximum absolute atomic E-state index is 11.5. The van der Waals surface area contributed by atoms with Gasteiger partial charge in [0, 0.05) is 13.1 Å². The van der Waals surface area contributed by atoms with Gasteiger partial charge < -0.3 is 14.8 Å². The second-order valence-electron chi connectivity index (χ2n) is 6.25. The molecule has 0 saturated heterocycles. The molecule has 9 nitrogen and oxygen atoms in total. The third kappa shape index (κ3) is 5.12. The van der Waals surface area contributed by atoms with Crippen LogP contribution < -0.4 is 10.1 Å². The lowest BCUT2D eigenvalue weighted by atomic mass is 10.2. The van der Waals surface area contributed by atoms with E-state index >= 15 is 0 Å². The van der Waals surface area contributed by atoms with Crippen molar-refractivity contribution in [3.05, 3.63) is 28.8 Å². The van der Waals surface area contributed by atoms with Gasteiger partial charge in [-0.2, -0.15) is 0 Å². The minimum absolute atomic E-state index is 0.102. The highest BCUT2D eigenvalue weighted by molar-refractivity contribution is 7.15. The van der Waals surface area contributed by atoms with E-state index in [9.17, 15) is 9.59 Å². The van der Waals surface area contributed by atoms with Crippen molar-refractivity contribution in [3.8, 4) is 0 Å². The van der Waals surface area contributed by atoms with Gasteiger partial charge in [0.25, 0.3) is 0 Å². The van der Waals surface area contributed by atoms with E-state index in [0.29, 0.717) is 23.6 Å². The molecule has 2 N–H and O–H groups in total. The van der Waals surface area contributed by atoms with Gasteiger partial charge in [-0.15, -0.1) is 0 Å². The van der Waals surface area contributed by atoms with E-state index < -0.39 is 17.7 Å². The van der Waals surface area contributed by atoms with Crippen LogP contribution in [0.25, 0.3) is 10.5 Å². The molecule has 140 valence electrons. The molecule has 0 bridgehead atoms. The van der Waals surface area contributed by atoms with Crippen molar-refractivity contribution in [1.82, 2.24) is 19.9 Å². The molecular weight excluding hydrogens is 358 g/mol. The Morgan fingerprint density at radius 1 is 1.38 bits per heavy atom. The number of nitrogens with zero attached hydrogens (tertiary/aromatic N) is 3. The third-order valence-electron chi connectivity index (χ3n) is 3.03. The number of fused-ring (bicyclic) bond motifs is 1. The minimum atomic E-state index is -0.570. The first-order chi connectivity index (χ1) is 12.2. The number of carbonyl (C=O) groups excluding carboxylic acids is 2. The molecular formula is C16H21N5O4S. The quantitative estimate of drug-likeness (QED) is 0.604. The van der Waals surface area contributed by atoms with Crippen LogP contribution in [0.2, 0.25) is 0 Å². The second kappa shape index (κ2) is 8.09. The highest BCUT2D eigenvalue weighted by Crippen LogP contribution is 2.13. The maximum Gasteiger partial charge on any atom is 0.407 e. The van der Waals surface area contributed by atoms with Crippen LogP contribution in [0.1, 0.15) is 31.3 Å². The first-order valence-corrected chi connectivity index (χ1v) is 8.64. The van der Waals surface area contributed by atoms with Crippen molar-refractivity contribution >= 4 is 33.9 Å². The van der Waals surface area contributed by atoms with Gasteiger partial charge in [-0.3, -0.25) is 9.98 Å². The number of allylic oxidation sites excluding steroid dienone is 1. The van der Waals surface area contributed by atoms with Crippen LogP contribution in [0.3, 0.4) is 0 Å². The zero-order valence-corrected chi connectivity index (χ0v) is 15.8. The molecule has 0 spiro atoms. The summed E-state index contributed by atoms with van der Waals surface area (Å²) in [4.78, 5) is 32.2. The van der Waals surface area contributed by atoms with E-state index in [1.807, 2.05) is 0 Å². The molecule has 0 aliphatic heterocycles. The Morgan fingerprint density at radius 2 is 2.12 bits per heavy atom. The number of carbonyl (C=O) groups is 2. The minimum Gasteiger partial charge on any atom is -0.464 e. The molecule has 26 heavy (non-hydrogen) atoms. The van der Waals surface area contributed by atoms with Crippen molar-refractivity contribution in [3.63, 3.8) is 0 Å². The summed E-state index contributed by atoms with van der Waals surface area (Å²) in [5.74, 6) is -0.570. The summed E-state index contributed by atoms with van der Waals surface area (Å²) in [6.45, 7) is 6.08. The molecule has 0 aliphatic rings. The van der Waals surface area contributed by atoms with Crippen molar-refractivity contribution in [2.45, 2.75) is 32.9 Å². The lowest BCUT2D eigenvalue weighted by molar-refractivity contribution is 0.0532. The molecule has 2 aromatic rings. The smallest absolute Gasteiger partial charge is 0.407 e. The Hall–Kier alpha value is -2.75. The van der Waals surface area contributed by atoms with Gasteiger partial charge in [0.05, 0.1) is 13.3 Å². The lowest BCUT2D eigenvalue weighted by Gasteiger charge is -2.19. The summed E-state index contributed by atoms with van der Waals surface area (Å²) in [6.07, 6.45) is 4.40. The number of nitrogens with one attached hydrogen (secondary N) is 2. The zero-order chi connectivity index (χ0) is 19.3. The molecule has 0 aromatic carbocycles. The summed E-state index contributed by atoms with van der Waals surface area (Å²) in [6, 6.07) is 0. The molecule has 10 heteroatoms. The van der Waals surface area contributed by atoms with Gasteiger partial charge in [-0.05, 0) is 20.8 Å². The summed E-state index contributed by atoms with van der Waals surface area (Å²) in [7, 11) is 1.27. The van der Waals surface area contributed by atoms with E-state index in [1.54, 1.807) is 37.5 Å². The Morgan fingerprint density at radius 3 is 2.77 bits per heavy atom. The Kier molecular flexibility index (Phi) is 6.09. The number of aromatic nitrogens is 3. The molecule has 0 aliphatic carbocycles. The van der Waals surface area contributed by atoms with Crippen LogP contribution in [-0.4, -0.2) is 45.9 Å². The summed E-state index contributed by atoms with van der Waals surface area (Å²) >= 11 is 1.12. The number of hydrogen-bond donors (Lipinski definition) is 2. The Labute approximate surface area is 154 Å². The number of hydrogen-bond acceptors (Lipinski definition) is 8. The lowest BCUT2D eigenvalue weighted by Crippen LogP contribution is -2.32. The number of amides is 1. The van der Waals surface area contributed by atoms with E-state index in [2.05, 4.69) is 20.0 Å². The zero-order valence-electron chi connectivity index (χ0n) is 15.0. The predicted octanol–water partition coefficient (Wildman–Crippen LogP) is 1.84. The molecule has 0 saturated carbocycles. The van der Waals surface area contributed by atoms with Crippen molar-refractivity contribution < 1.29 is 19.1 Å². The van der Waals surface area contributed by atoms with Gasteiger partial charge in [0.1, 0.15) is 5.60 Å². The average molecular weight is 379 g/mol. The topological polar surface area (TPSA) is 119 Å². The predicted molar refractivity (Wildman–Crippen MR) is 96.0 cm³/mol. The maximum atomic E-state index is 11.5. The van der Waals surface area contributed by atoms with Crippen molar-refractivity contribution in [1.29, 1.82) is 5.41 Å². The molecule has 0 radical (unpaired) electrons. The average Bonchev–Trinajstić information content (AvgIpc) is 2.86. The van der Waals surface area contributed by atoms with Gasteiger partial charge >= 0.3 is 12.1 Å². The van der Waals surface area contributed by atoms with Crippen LogP contribution in [0.4, 0.5) is 4.79 Å². The molecule has 0 atom stereocenters. The normalized spacial score (nSPS) is 11.7. The van der Waals surface area contributed by atoms with Crippen LogP contribution in [0.5, 0.6) is 0 Å². The fraction of sp³-hybridized carbons (Fsp3) is 0.438. The molecule has 1 amide bonds.